The standard InChI is InChI=1S/C10H13N5O2/c1-3-17-10(16)8-9(11)15(6-12-8)7-4-5-14(2)13-7/h4-6H,3,11H2,1-2H3. The van der Waals surface area contributed by atoms with Crippen molar-refractivity contribution in [3.05, 3.63) is 24.3 Å². The molecular formula is C10H13N5O2. The predicted octanol–water partition coefficient (Wildman–Crippen LogP) is 0.365. The molecule has 2 aromatic heterocycles. The summed E-state index contributed by atoms with van der Waals surface area (Å²) in [6, 6.07) is 1.77. The van der Waals surface area contributed by atoms with Gasteiger partial charge in [0.1, 0.15) is 12.1 Å². The second kappa shape index (κ2) is 4.28. The number of esters is 1. The Hall–Kier alpha value is -2.31. The molecular weight excluding hydrogens is 222 g/mol. The van der Waals surface area contributed by atoms with Crippen LogP contribution in [0.5, 0.6) is 0 Å². The molecule has 2 N–H and O–H groups in total. The van der Waals surface area contributed by atoms with E-state index in [0.29, 0.717) is 5.82 Å². The van der Waals surface area contributed by atoms with Gasteiger partial charge in [-0.05, 0) is 6.92 Å². The van der Waals surface area contributed by atoms with E-state index in [4.69, 9.17) is 10.5 Å². The van der Waals surface area contributed by atoms with Gasteiger partial charge in [0.15, 0.2) is 11.5 Å². The maximum absolute atomic E-state index is 11.5. The van der Waals surface area contributed by atoms with Crippen LogP contribution in [0.1, 0.15) is 17.4 Å². The van der Waals surface area contributed by atoms with Crippen LogP contribution in [0.15, 0.2) is 18.6 Å². The van der Waals surface area contributed by atoms with Crippen LogP contribution in [0.4, 0.5) is 5.82 Å². The molecule has 0 radical (unpaired) electrons. The van der Waals surface area contributed by atoms with Crippen LogP contribution >= 0.6 is 0 Å². The van der Waals surface area contributed by atoms with Gasteiger partial charge in [0.2, 0.25) is 0 Å². The topological polar surface area (TPSA) is 88.0 Å². The average molecular weight is 235 g/mol. The van der Waals surface area contributed by atoms with Crippen LogP contribution < -0.4 is 5.73 Å². The minimum Gasteiger partial charge on any atom is -0.461 e. The molecule has 2 rings (SSSR count). The maximum Gasteiger partial charge on any atom is 0.360 e. The molecule has 2 aromatic rings. The molecule has 0 saturated heterocycles. The molecule has 0 saturated carbocycles. The first kappa shape index (κ1) is 11.2. The fourth-order valence-electron chi connectivity index (χ4n) is 1.43. The van der Waals surface area contributed by atoms with E-state index in [1.165, 1.54) is 10.9 Å². The first-order valence-corrected chi connectivity index (χ1v) is 5.13. The number of anilines is 1. The van der Waals surface area contributed by atoms with Crippen molar-refractivity contribution in [3.63, 3.8) is 0 Å². The zero-order valence-electron chi connectivity index (χ0n) is 9.62. The first-order chi connectivity index (χ1) is 8.13. The number of nitrogens with zero attached hydrogens (tertiary/aromatic N) is 4. The summed E-state index contributed by atoms with van der Waals surface area (Å²) in [6.45, 7) is 2.01. The largest absolute Gasteiger partial charge is 0.461 e. The van der Waals surface area contributed by atoms with Crippen LogP contribution in [-0.2, 0) is 11.8 Å². The average Bonchev–Trinajstić information content (AvgIpc) is 2.85. The maximum atomic E-state index is 11.5. The van der Waals surface area contributed by atoms with E-state index in [9.17, 15) is 4.79 Å². The number of nitrogen functional groups attached to an aromatic ring is 1. The third-order valence-corrected chi connectivity index (χ3v) is 2.22. The van der Waals surface area contributed by atoms with Crippen molar-refractivity contribution in [3.8, 4) is 5.82 Å². The second-order valence-corrected chi connectivity index (χ2v) is 3.42. The molecule has 0 fully saturated rings. The molecule has 0 unspecified atom stereocenters. The van der Waals surface area contributed by atoms with Crippen molar-refractivity contribution in [2.75, 3.05) is 12.3 Å². The Labute approximate surface area is 97.8 Å². The summed E-state index contributed by atoms with van der Waals surface area (Å²) in [7, 11) is 1.79. The zero-order valence-corrected chi connectivity index (χ0v) is 9.62. The molecule has 7 nitrogen and oxygen atoms in total. The van der Waals surface area contributed by atoms with Crippen molar-refractivity contribution < 1.29 is 9.53 Å². The number of aryl methyl sites for hydroxylation is 1. The molecule has 0 amide bonds. The summed E-state index contributed by atoms with van der Waals surface area (Å²) < 4.78 is 8.01. The number of nitrogens with two attached hydrogens (primary N) is 1. The van der Waals surface area contributed by atoms with Gasteiger partial charge < -0.3 is 10.5 Å². The number of aromatic nitrogens is 4. The molecule has 90 valence electrons. The molecule has 0 aliphatic rings. The third kappa shape index (κ3) is 1.99. The molecule has 0 aliphatic carbocycles. The lowest BCUT2D eigenvalue weighted by Gasteiger charge is -2.01. The van der Waals surface area contributed by atoms with Crippen LogP contribution in [0.3, 0.4) is 0 Å². The summed E-state index contributed by atoms with van der Waals surface area (Å²) >= 11 is 0. The van der Waals surface area contributed by atoms with Crippen LogP contribution in [-0.4, -0.2) is 31.9 Å². The number of rotatable bonds is 3. The lowest BCUT2D eigenvalue weighted by molar-refractivity contribution is 0.0521. The van der Waals surface area contributed by atoms with Gasteiger partial charge in [-0.1, -0.05) is 0 Å². The van der Waals surface area contributed by atoms with Gasteiger partial charge in [-0.15, -0.1) is 0 Å². The number of carbonyl (C=O) groups is 1. The number of hydrogen-bond acceptors (Lipinski definition) is 5. The number of hydrogen-bond donors (Lipinski definition) is 1. The highest BCUT2D eigenvalue weighted by atomic mass is 16.5. The van der Waals surface area contributed by atoms with Gasteiger partial charge in [0.05, 0.1) is 6.61 Å². The summed E-state index contributed by atoms with van der Waals surface area (Å²) in [5.74, 6) is 0.301. The highest BCUT2D eigenvalue weighted by molar-refractivity contribution is 5.92. The van der Waals surface area contributed by atoms with E-state index < -0.39 is 5.97 Å². The van der Waals surface area contributed by atoms with Gasteiger partial charge in [-0.25, -0.2) is 9.78 Å². The van der Waals surface area contributed by atoms with E-state index in [2.05, 4.69) is 10.1 Å². The molecule has 2 heterocycles. The molecule has 0 bridgehead atoms. The van der Waals surface area contributed by atoms with Crippen molar-refractivity contribution >= 4 is 11.8 Å². The van der Waals surface area contributed by atoms with E-state index in [1.807, 2.05) is 0 Å². The van der Waals surface area contributed by atoms with Crippen molar-refractivity contribution in [1.82, 2.24) is 19.3 Å². The summed E-state index contributed by atoms with van der Waals surface area (Å²) in [6.07, 6.45) is 3.22. The van der Waals surface area contributed by atoms with E-state index in [1.54, 1.807) is 30.9 Å². The Balaban J connectivity index is 2.36. The highest BCUT2D eigenvalue weighted by Gasteiger charge is 2.18. The van der Waals surface area contributed by atoms with Crippen LogP contribution in [0.25, 0.3) is 5.82 Å². The van der Waals surface area contributed by atoms with Crippen molar-refractivity contribution in [2.24, 2.45) is 7.05 Å². The lowest BCUT2D eigenvalue weighted by Crippen LogP contribution is -2.09. The zero-order chi connectivity index (χ0) is 12.4. The van der Waals surface area contributed by atoms with E-state index in [-0.39, 0.29) is 18.1 Å². The molecule has 0 atom stereocenters. The van der Waals surface area contributed by atoms with Crippen LogP contribution in [0.2, 0.25) is 0 Å². The molecule has 7 heteroatoms. The number of ether oxygens (including phenoxy) is 1. The van der Waals surface area contributed by atoms with Crippen LogP contribution in [0, 0.1) is 0 Å². The lowest BCUT2D eigenvalue weighted by atomic mass is 10.4. The SMILES string of the molecule is CCOC(=O)c1ncn(-c2ccn(C)n2)c1N. The molecule has 17 heavy (non-hydrogen) atoms. The molecule has 0 aliphatic heterocycles. The van der Waals surface area contributed by atoms with Gasteiger partial charge in [0, 0.05) is 19.3 Å². The summed E-state index contributed by atoms with van der Waals surface area (Å²) in [5.41, 5.74) is 5.93. The van der Waals surface area contributed by atoms with Gasteiger partial charge in [-0.3, -0.25) is 9.25 Å². The Morgan fingerprint density at radius 3 is 2.94 bits per heavy atom. The number of carbonyl (C=O) groups excluding carboxylic acids is 1. The molecule has 0 spiro atoms. The Morgan fingerprint density at radius 2 is 2.35 bits per heavy atom. The van der Waals surface area contributed by atoms with E-state index >= 15 is 0 Å². The van der Waals surface area contributed by atoms with Crippen molar-refractivity contribution in [2.45, 2.75) is 6.92 Å². The smallest absolute Gasteiger partial charge is 0.360 e. The Bertz CT molecular complexity index is 543. The van der Waals surface area contributed by atoms with Gasteiger partial charge in [-0.2, -0.15) is 5.10 Å². The quantitative estimate of drug-likeness (QED) is 0.776. The monoisotopic (exact) mass is 235 g/mol. The van der Waals surface area contributed by atoms with Gasteiger partial charge in [0.25, 0.3) is 0 Å². The third-order valence-electron chi connectivity index (χ3n) is 2.22. The van der Waals surface area contributed by atoms with Gasteiger partial charge >= 0.3 is 5.97 Å². The summed E-state index contributed by atoms with van der Waals surface area (Å²) in [5, 5.41) is 4.17. The fraction of sp³-hybridized carbons (Fsp3) is 0.300. The van der Waals surface area contributed by atoms with Crippen molar-refractivity contribution in [1.29, 1.82) is 0 Å². The Kier molecular flexibility index (Phi) is 2.82. The second-order valence-electron chi connectivity index (χ2n) is 3.42. The molecule has 0 aromatic carbocycles. The number of imidazole rings is 1. The minimum atomic E-state index is -0.528. The summed E-state index contributed by atoms with van der Waals surface area (Å²) in [4.78, 5) is 15.4. The Morgan fingerprint density at radius 1 is 1.59 bits per heavy atom. The van der Waals surface area contributed by atoms with E-state index in [0.717, 1.165) is 0 Å². The minimum absolute atomic E-state index is 0.109. The first-order valence-electron chi connectivity index (χ1n) is 5.13. The fourth-order valence-corrected chi connectivity index (χ4v) is 1.43. The highest BCUT2D eigenvalue weighted by Crippen LogP contribution is 2.16. The normalized spacial score (nSPS) is 10.5. The predicted molar refractivity (Wildman–Crippen MR) is 60.7 cm³/mol.